The van der Waals surface area contributed by atoms with E-state index >= 15 is 0 Å². The highest BCUT2D eigenvalue weighted by molar-refractivity contribution is 9.10. The Balaban J connectivity index is 1.71. The molecule has 3 rings (SSSR count). The molecular formula is C19H19BrFN3O3. The van der Waals surface area contributed by atoms with Crippen molar-refractivity contribution in [1.29, 1.82) is 0 Å². The number of aromatic nitrogens is 2. The Labute approximate surface area is 164 Å². The molecule has 1 N–H and O–H groups in total. The van der Waals surface area contributed by atoms with Crippen LogP contribution in [0.25, 0.3) is 22.2 Å². The summed E-state index contributed by atoms with van der Waals surface area (Å²) in [5, 5.41) is 7.70. The first-order valence-electron chi connectivity index (χ1n) is 8.39. The van der Waals surface area contributed by atoms with Gasteiger partial charge in [0.2, 0.25) is 0 Å². The van der Waals surface area contributed by atoms with E-state index in [1.807, 2.05) is 25.2 Å². The molecule has 0 radical (unpaired) electrons. The zero-order valence-corrected chi connectivity index (χ0v) is 16.5. The normalized spacial score (nSPS) is 10.8. The first-order chi connectivity index (χ1) is 13.0. The number of nitrogens with one attached hydrogen (secondary N) is 1. The highest BCUT2D eigenvalue weighted by atomic mass is 79.9. The van der Waals surface area contributed by atoms with Crippen molar-refractivity contribution in [2.24, 2.45) is 7.05 Å². The molecule has 0 atom stereocenters. The van der Waals surface area contributed by atoms with Crippen molar-refractivity contribution < 1.29 is 18.7 Å². The molecule has 0 aliphatic carbocycles. The summed E-state index contributed by atoms with van der Waals surface area (Å²) in [5.41, 5.74) is 1.91. The number of hydrogen-bond acceptors (Lipinski definition) is 4. The van der Waals surface area contributed by atoms with Crippen molar-refractivity contribution in [3.8, 4) is 17.0 Å². The molecule has 8 heteroatoms. The van der Waals surface area contributed by atoms with Crippen molar-refractivity contribution in [3.63, 3.8) is 0 Å². The minimum atomic E-state index is -0.486. The van der Waals surface area contributed by atoms with Gasteiger partial charge in [-0.3, -0.25) is 4.68 Å². The standard InChI is InChI=1S/C19H19BrFN3O3/c1-22-19(25)27-9-3-8-26-13-5-7-14(16(21)11-13)18-15-6-4-12(20)10-17(15)24(2)23-18/h4-7,10-11H,3,8-9H2,1-2H3,(H,22,25). The van der Waals surface area contributed by atoms with Crippen molar-refractivity contribution in [2.75, 3.05) is 20.3 Å². The predicted octanol–water partition coefficient (Wildman–Crippen LogP) is 4.27. The van der Waals surface area contributed by atoms with Crippen molar-refractivity contribution in [3.05, 3.63) is 46.7 Å². The molecule has 1 heterocycles. The van der Waals surface area contributed by atoms with Crippen LogP contribution in [0.5, 0.6) is 5.75 Å². The van der Waals surface area contributed by atoms with Crippen LogP contribution in [0.15, 0.2) is 40.9 Å². The van der Waals surface area contributed by atoms with E-state index in [1.54, 1.807) is 16.8 Å². The van der Waals surface area contributed by atoms with E-state index in [0.29, 0.717) is 30.0 Å². The number of ether oxygens (including phenoxy) is 2. The largest absolute Gasteiger partial charge is 0.493 e. The molecule has 0 aliphatic heterocycles. The number of amides is 1. The molecule has 0 fully saturated rings. The lowest BCUT2D eigenvalue weighted by Gasteiger charge is -2.08. The molecule has 142 valence electrons. The number of fused-ring (bicyclic) bond motifs is 1. The van der Waals surface area contributed by atoms with Crippen LogP contribution in [-0.2, 0) is 11.8 Å². The summed E-state index contributed by atoms with van der Waals surface area (Å²) in [6, 6.07) is 10.5. The van der Waals surface area contributed by atoms with E-state index in [0.717, 1.165) is 15.4 Å². The molecule has 3 aromatic rings. The van der Waals surface area contributed by atoms with Crippen LogP contribution < -0.4 is 10.1 Å². The first kappa shape index (κ1) is 19.2. The quantitative estimate of drug-likeness (QED) is 0.587. The van der Waals surface area contributed by atoms with Gasteiger partial charge in [0.15, 0.2) is 0 Å². The Kier molecular flexibility index (Phi) is 5.95. The van der Waals surface area contributed by atoms with Gasteiger partial charge in [-0.1, -0.05) is 15.9 Å². The van der Waals surface area contributed by atoms with Crippen LogP contribution in [0.3, 0.4) is 0 Å². The third-order valence-corrected chi connectivity index (χ3v) is 4.50. The Morgan fingerprint density at radius 2 is 2.07 bits per heavy atom. The van der Waals surface area contributed by atoms with Crippen LogP contribution in [0, 0.1) is 5.82 Å². The van der Waals surface area contributed by atoms with Crippen molar-refractivity contribution in [1.82, 2.24) is 15.1 Å². The molecule has 1 amide bonds. The molecular weight excluding hydrogens is 417 g/mol. The van der Waals surface area contributed by atoms with Crippen molar-refractivity contribution in [2.45, 2.75) is 6.42 Å². The number of alkyl carbamates (subject to hydrolysis) is 1. The van der Waals surface area contributed by atoms with E-state index < -0.39 is 11.9 Å². The number of hydrogen-bond donors (Lipinski definition) is 1. The van der Waals surface area contributed by atoms with Gasteiger partial charge in [0.25, 0.3) is 0 Å². The fourth-order valence-corrected chi connectivity index (χ4v) is 3.04. The van der Waals surface area contributed by atoms with E-state index in [9.17, 15) is 9.18 Å². The molecule has 0 bridgehead atoms. The number of nitrogens with zero attached hydrogens (tertiary/aromatic N) is 2. The zero-order valence-electron chi connectivity index (χ0n) is 15.0. The minimum Gasteiger partial charge on any atom is -0.493 e. The maximum absolute atomic E-state index is 14.7. The number of aryl methyl sites for hydroxylation is 1. The highest BCUT2D eigenvalue weighted by Crippen LogP contribution is 2.32. The summed E-state index contributed by atoms with van der Waals surface area (Å²) >= 11 is 3.44. The monoisotopic (exact) mass is 435 g/mol. The minimum absolute atomic E-state index is 0.232. The molecule has 1 aromatic heterocycles. The average molecular weight is 436 g/mol. The van der Waals surface area contributed by atoms with Crippen LogP contribution in [0.2, 0.25) is 0 Å². The molecule has 0 aliphatic rings. The smallest absolute Gasteiger partial charge is 0.406 e. The van der Waals surface area contributed by atoms with E-state index in [1.165, 1.54) is 13.1 Å². The predicted molar refractivity (Wildman–Crippen MR) is 104 cm³/mol. The Bertz CT molecular complexity index is 974. The summed E-state index contributed by atoms with van der Waals surface area (Å²) in [4.78, 5) is 10.9. The molecule has 0 spiro atoms. The first-order valence-corrected chi connectivity index (χ1v) is 9.18. The topological polar surface area (TPSA) is 65.4 Å². The second-order valence-electron chi connectivity index (χ2n) is 5.86. The van der Waals surface area contributed by atoms with Gasteiger partial charge >= 0.3 is 6.09 Å². The van der Waals surface area contributed by atoms with Crippen LogP contribution in [0.4, 0.5) is 9.18 Å². The van der Waals surface area contributed by atoms with Crippen molar-refractivity contribution >= 4 is 32.9 Å². The molecule has 27 heavy (non-hydrogen) atoms. The second-order valence-corrected chi connectivity index (χ2v) is 6.78. The third-order valence-electron chi connectivity index (χ3n) is 4.00. The Morgan fingerprint density at radius 1 is 1.26 bits per heavy atom. The zero-order chi connectivity index (χ0) is 19.4. The lowest BCUT2D eigenvalue weighted by Crippen LogP contribution is -2.20. The number of carbonyl (C=O) groups is 1. The SMILES string of the molecule is CNC(=O)OCCCOc1ccc(-c2nn(C)c3cc(Br)ccc23)c(F)c1. The number of rotatable bonds is 6. The van der Waals surface area contributed by atoms with Crippen LogP contribution >= 0.6 is 15.9 Å². The maximum Gasteiger partial charge on any atom is 0.406 e. The average Bonchev–Trinajstić information content (AvgIpc) is 2.97. The highest BCUT2D eigenvalue weighted by Gasteiger charge is 2.15. The fourth-order valence-electron chi connectivity index (χ4n) is 2.69. The number of halogens is 2. The van der Waals surface area contributed by atoms with Gasteiger partial charge in [-0.05, 0) is 30.3 Å². The second kappa shape index (κ2) is 8.39. The Morgan fingerprint density at radius 3 is 2.81 bits per heavy atom. The third kappa shape index (κ3) is 4.39. The summed E-state index contributed by atoms with van der Waals surface area (Å²) in [6.45, 7) is 0.548. The van der Waals surface area contributed by atoms with E-state index in [4.69, 9.17) is 9.47 Å². The molecule has 0 unspecified atom stereocenters. The van der Waals surface area contributed by atoms with Gasteiger partial charge in [-0.25, -0.2) is 9.18 Å². The van der Waals surface area contributed by atoms with Crippen LogP contribution in [-0.4, -0.2) is 36.1 Å². The van der Waals surface area contributed by atoms with Gasteiger partial charge in [-0.2, -0.15) is 5.10 Å². The van der Waals surface area contributed by atoms with Gasteiger partial charge in [-0.15, -0.1) is 0 Å². The maximum atomic E-state index is 14.7. The van der Waals surface area contributed by atoms with Gasteiger partial charge in [0.1, 0.15) is 17.3 Å². The molecule has 2 aromatic carbocycles. The van der Waals surface area contributed by atoms with Gasteiger partial charge < -0.3 is 14.8 Å². The van der Waals surface area contributed by atoms with Crippen LogP contribution in [0.1, 0.15) is 6.42 Å². The lowest BCUT2D eigenvalue weighted by atomic mass is 10.1. The molecule has 6 nitrogen and oxygen atoms in total. The van der Waals surface area contributed by atoms with Gasteiger partial charge in [0.05, 0.1) is 18.7 Å². The fraction of sp³-hybridized carbons (Fsp3) is 0.263. The van der Waals surface area contributed by atoms with E-state index in [-0.39, 0.29) is 6.61 Å². The molecule has 0 saturated heterocycles. The summed E-state index contributed by atoms with van der Waals surface area (Å²) in [5.74, 6) is 0.0104. The number of benzene rings is 2. The van der Waals surface area contributed by atoms with Gasteiger partial charge in [0, 0.05) is 42.0 Å². The van der Waals surface area contributed by atoms with E-state index in [2.05, 4.69) is 26.3 Å². The lowest BCUT2D eigenvalue weighted by molar-refractivity contribution is 0.140. The Hall–Kier alpha value is -2.61. The summed E-state index contributed by atoms with van der Waals surface area (Å²) in [6.07, 6.45) is 0.0244. The summed E-state index contributed by atoms with van der Waals surface area (Å²) < 4.78 is 27.7. The summed E-state index contributed by atoms with van der Waals surface area (Å²) in [7, 11) is 3.32. The molecule has 0 saturated carbocycles. The number of carbonyl (C=O) groups excluding carboxylic acids is 1.